The van der Waals surface area contributed by atoms with Crippen molar-refractivity contribution in [3.8, 4) is 5.69 Å². The lowest BCUT2D eigenvalue weighted by Crippen LogP contribution is -2.22. The number of carbonyl (C=O) groups is 3. The molecule has 0 atom stereocenters. The van der Waals surface area contributed by atoms with Crippen LogP contribution in [0.3, 0.4) is 0 Å². The summed E-state index contributed by atoms with van der Waals surface area (Å²) in [5.41, 5.74) is 2.55. The fourth-order valence-electron chi connectivity index (χ4n) is 3.27. The lowest BCUT2D eigenvalue weighted by Gasteiger charge is -2.08. The van der Waals surface area contributed by atoms with Crippen molar-refractivity contribution < 1.29 is 23.9 Å². The predicted octanol–water partition coefficient (Wildman–Crippen LogP) is 4.65. The first-order chi connectivity index (χ1) is 15.7. The van der Waals surface area contributed by atoms with Crippen LogP contribution in [-0.4, -0.2) is 40.8 Å². The predicted molar refractivity (Wildman–Crippen MR) is 126 cm³/mol. The molecule has 0 aliphatic carbocycles. The van der Waals surface area contributed by atoms with Crippen LogP contribution < -0.4 is 5.32 Å². The number of anilines is 1. The molecule has 0 saturated carbocycles. The fraction of sp³-hybridized carbons (Fsp3) is 0.333. The topological polar surface area (TPSA) is 99.5 Å². The van der Waals surface area contributed by atoms with Crippen molar-refractivity contribution in [2.45, 2.75) is 40.5 Å². The van der Waals surface area contributed by atoms with Gasteiger partial charge >= 0.3 is 11.9 Å². The van der Waals surface area contributed by atoms with E-state index in [1.54, 1.807) is 31.5 Å². The van der Waals surface area contributed by atoms with Gasteiger partial charge in [0, 0.05) is 4.88 Å². The summed E-state index contributed by atoms with van der Waals surface area (Å²) in [6.45, 7) is 8.93. The molecule has 0 aliphatic heterocycles. The SMILES string of the molecule is CCOC(=O)c1cc(C(C)C)sc1NC(=O)COC(=O)c1c(C)nn(-c2ccccc2)c1C. The molecular formula is C24H27N3O5S. The van der Waals surface area contributed by atoms with Crippen LogP contribution >= 0.6 is 11.3 Å². The third kappa shape index (κ3) is 5.48. The monoisotopic (exact) mass is 469 g/mol. The average molecular weight is 470 g/mol. The highest BCUT2D eigenvalue weighted by Crippen LogP contribution is 2.33. The summed E-state index contributed by atoms with van der Waals surface area (Å²) >= 11 is 1.30. The minimum Gasteiger partial charge on any atom is -0.462 e. The number of benzene rings is 1. The van der Waals surface area contributed by atoms with E-state index in [-0.39, 0.29) is 12.5 Å². The third-order valence-corrected chi connectivity index (χ3v) is 6.25. The van der Waals surface area contributed by atoms with E-state index in [0.29, 0.717) is 27.5 Å². The number of ether oxygens (including phenoxy) is 2. The number of hydrogen-bond acceptors (Lipinski definition) is 7. The molecule has 1 aromatic carbocycles. The summed E-state index contributed by atoms with van der Waals surface area (Å²) in [5.74, 6) is -1.51. The standard InChI is InChI=1S/C24H27N3O5S/c1-6-31-23(29)18-12-19(14(2)3)33-22(18)25-20(28)13-32-24(30)21-15(4)26-27(16(21)5)17-10-8-7-9-11-17/h7-12,14H,6,13H2,1-5H3,(H,25,28). The molecule has 3 rings (SSSR count). The molecule has 33 heavy (non-hydrogen) atoms. The van der Waals surface area contributed by atoms with Crippen LogP contribution in [0.4, 0.5) is 5.00 Å². The summed E-state index contributed by atoms with van der Waals surface area (Å²) in [6.07, 6.45) is 0. The van der Waals surface area contributed by atoms with Crippen LogP contribution in [0.1, 0.15) is 63.7 Å². The van der Waals surface area contributed by atoms with Crippen LogP contribution in [0.25, 0.3) is 5.69 Å². The van der Waals surface area contributed by atoms with Crippen LogP contribution in [0.15, 0.2) is 36.4 Å². The van der Waals surface area contributed by atoms with Gasteiger partial charge in [-0.1, -0.05) is 32.0 Å². The quantitative estimate of drug-likeness (QED) is 0.482. The number of amides is 1. The molecule has 2 aromatic heterocycles. The second-order valence-electron chi connectivity index (χ2n) is 7.68. The number of esters is 2. The van der Waals surface area contributed by atoms with Crippen molar-refractivity contribution in [2.75, 3.05) is 18.5 Å². The number of aromatic nitrogens is 2. The summed E-state index contributed by atoms with van der Waals surface area (Å²) in [6, 6.07) is 11.2. The second kappa shape index (κ2) is 10.4. The maximum atomic E-state index is 12.7. The first-order valence-electron chi connectivity index (χ1n) is 10.6. The highest BCUT2D eigenvalue weighted by molar-refractivity contribution is 7.16. The lowest BCUT2D eigenvalue weighted by molar-refractivity contribution is -0.119. The van der Waals surface area contributed by atoms with E-state index in [9.17, 15) is 14.4 Å². The minimum absolute atomic E-state index is 0.179. The van der Waals surface area contributed by atoms with E-state index >= 15 is 0 Å². The molecule has 2 heterocycles. The van der Waals surface area contributed by atoms with Crippen molar-refractivity contribution in [3.63, 3.8) is 0 Å². The zero-order valence-electron chi connectivity index (χ0n) is 19.3. The molecule has 0 saturated heterocycles. The van der Waals surface area contributed by atoms with Gasteiger partial charge in [-0.2, -0.15) is 5.10 Å². The third-order valence-electron chi connectivity index (χ3n) is 4.90. The largest absolute Gasteiger partial charge is 0.462 e. The van der Waals surface area contributed by atoms with Gasteiger partial charge in [-0.3, -0.25) is 4.79 Å². The number of hydrogen-bond donors (Lipinski definition) is 1. The Bertz CT molecular complexity index is 1160. The number of para-hydroxylation sites is 1. The Balaban J connectivity index is 1.70. The van der Waals surface area contributed by atoms with Crippen molar-refractivity contribution in [1.82, 2.24) is 9.78 Å². The first kappa shape index (κ1) is 24.2. The molecule has 0 aliphatic rings. The number of rotatable bonds is 8. The first-order valence-corrected chi connectivity index (χ1v) is 11.4. The maximum absolute atomic E-state index is 12.7. The van der Waals surface area contributed by atoms with Gasteiger partial charge in [-0.05, 0) is 44.9 Å². The minimum atomic E-state index is -0.637. The Morgan fingerprint density at radius 1 is 1.09 bits per heavy atom. The van der Waals surface area contributed by atoms with E-state index in [4.69, 9.17) is 9.47 Å². The number of nitrogens with one attached hydrogen (secondary N) is 1. The average Bonchev–Trinajstić information content (AvgIpc) is 3.33. The Morgan fingerprint density at radius 2 is 1.79 bits per heavy atom. The van der Waals surface area contributed by atoms with Gasteiger partial charge in [0.2, 0.25) is 0 Å². The van der Waals surface area contributed by atoms with Crippen LogP contribution in [0, 0.1) is 13.8 Å². The van der Waals surface area contributed by atoms with Crippen molar-refractivity contribution in [1.29, 1.82) is 0 Å². The van der Waals surface area contributed by atoms with E-state index in [2.05, 4.69) is 10.4 Å². The Labute approximate surface area is 196 Å². The van der Waals surface area contributed by atoms with Crippen LogP contribution in [-0.2, 0) is 14.3 Å². The van der Waals surface area contributed by atoms with E-state index in [0.717, 1.165) is 10.6 Å². The Kier molecular flexibility index (Phi) is 7.65. The zero-order chi connectivity index (χ0) is 24.1. The molecule has 0 fully saturated rings. The highest BCUT2D eigenvalue weighted by Gasteiger charge is 2.23. The van der Waals surface area contributed by atoms with Gasteiger partial charge in [-0.15, -0.1) is 11.3 Å². The van der Waals surface area contributed by atoms with Crippen LogP contribution in [0.2, 0.25) is 0 Å². The van der Waals surface area contributed by atoms with Crippen molar-refractivity contribution in [2.24, 2.45) is 0 Å². The number of aryl methyl sites for hydroxylation is 1. The van der Waals surface area contributed by atoms with Crippen LogP contribution in [0.5, 0.6) is 0 Å². The van der Waals surface area contributed by atoms with Gasteiger partial charge in [0.25, 0.3) is 5.91 Å². The number of carbonyl (C=O) groups excluding carboxylic acids is 3. The Hall–Kier alpha value is -3.46. The number of thiophene rings is 1. The smallest absolute Gasteiger partial charge is 0.342 e. The summed E-state index contributed by atoms with van der Waals surface area (Å²) in [7, 11) is 0. The fourth-order valence-corrected chi connectivity index (χ4v) is 4.34. The molecule has 174 valence electrons. The zero-order valence-corrected chi connectivity index (χ0v) is 20.1. The summed E-state index contributed by atoms with van der Waals surface area (Å²) in [5, 5.41) is 7.48. The summed E-state index contributed by atoms with van der Waals surface area (Å²) in [4.78, 5) is 38.4. The van der Waals surface area contributed by atoms with Crippen molar-refractivity contribution in [3.05, 3.63) is 63.8 Å². The molecule has 0 bridgehead atoms. The van der Waals surface area contributed by atoms with E-state index in [1.807, 2.05) is 44.2 Å². The molecule has 0 radical (unpaired) electrons. The number of nitrogens with zero attached hydrogens (tertiary/aromatic N) is 2. The molecule has 1 N–H and O–H groups in total. The van der Waals surface area contributed by atoms with Gasteiger partial charge in [0.05, 0.1) is 29.2 Å². The second-order valence-corrected chi connectivity index (χ2v) is 8.77. The molecule has 1 amide bonds. The normalized spacial score (nSPS) is 10.8. The van der Waals surface area contributed by atoms with Gasteiger partial charge < -0.3 is 14.8 Å². The molecule has 0 unspecified atom stereocenters. The lowest BCUT2D eigenvalue weighted by atomic mass is 10.1. The van der Waals surface area contributed by atoms with Crippen molar-refractivity contribution >= 4 is 34.2 Å². The molecule has 9 heteroatoms. The van der Waals surface area contributed by atoms with Gasteiger partial charge in [0.1, 0.15) is 10.6 Å². The molecule has 8 nitrogen and oxygen atoms in total. The highest BCUT2D eigenvalue weighted by atomic mass is 32.1. The molecule has 0 spiro atoms. The molecular weight excluding hydrogens is 442 g/mol. The van der Waals surface area contributed by atoms with Gasteiger partial charge in [-0.25, -0.2) is 14.3 Å². The Morgan fingerprint density at radius 3 is 2.42 bits per heavy atom. The van der Waals surface area contributed by atoms with E-state index < -0.39 is 24.5 Å². The maximum Gasteiger partial charge on any atom is 0.342 e. The van der Waals surface area contributed by atoms with E-state index in [1.165, 1.54) is 11.3 Å². The van der Waals surface area contributed by atoms with Gasteiger partial charge in [0.15, 0.2) is 6.61 Å². The summed E-state index contributed by atoms with van der Waals surface area (Å²) < 4.78 is 12.0. The molecule has 3 aromatic rings.